The Labute approximate surface area is 198 Å². The summed E-state index contributed by atoms with van der Waals surface area (Å²) in [5.41, 5.74) is 0. The van der Waals surface area contributed by atoms with Crippen molar-refractivity contribution in [1.29, 1.82) is 0 Å². The number of rotatable bonds is 6. The van der Waals surface area contributed by atoms with Crippen LogP contribution in [0.3, 0.4) is 0 Å². The van der Waals surface area contributed by atoms with E-state index in [2.05, 4.69) is 19.1 Å². The minimum atomic E-state index is -0.128. The Morgan fingerprint density at radius 3 is 2.52 bits per heavy atom. The number of esters is 1. The van der Waals surface area contributed by atoms with Crippen LogP contribution in [0.1, 0.15) is 71.1 Å². The number of Topliss-reactive ketones (excluding diaryl/α,β-unsaturated/α-hetero) is 1. The lowest BCUT2D eigenvalue weighted by molar-refractivity contribution is -0.141. The van der Waals surface area contributed by atoms with E-state index >= 15 is 0 Å². The second-order valence-electron chi connectivity index (χ2n) is 11.4. The Morgan fingerprint density at radius 2 is 1.73 bits per heavy atom. The molecule has 1 aromatic rings. The Bertz CT molecular complexity index is 835. The Kier molecular flexibility index (Phi) is 6.81. The fourth-order valence-corrected chi connectivity index (χ4v) is 8.40. The molecule has 0 bridgehead atoms. The van der Waals surface area contributed by atoms with E-state index in [1.807, 2.05) is 18.2 Å². The molecule has 0 aliphatic heterocycles. The number of methoxy groups -OCH3 is 1. The Balaban J connectivity index is 1.22. The first kappa shape index (κ1) is 22.9. The summed E-state index contributed by atoms with van der Waals surface area (Å²) in [5, 5.41) is 0. The number of fused-ring (bicyclic) bond motifs is 5. The van der Waals surface area contributed by atoms with Crippen LogP contribution in [0.25, 0.3) is 0 Å². The molecule has 0 radical (unpaired) electrons. The second kappa shape index (κ2) is 9.80. The first-order valence-corrected chi connectivity index (χ1v) is 13.4. The number of carbonyl (C=O) groups excluding carboxylic acids is 2. The van der Waals surface area contributed by atoms with E-state index in [4.69, 9.17) is 9.47 Å². The van der Waals surface area contributed by atoms with Gasteiger partial charge >= 0.3 is 5.97 Å². The van der Waals surface area contributed by atoms with Gasteiger partial charge in [-0.05, 0) is 105 Å². The van der Waals surface area contributed by atoms with E-state index in [1.54, 1.807) is 0 Å². The van der Waals surface area contributed by atoms with Gasteiger partial charge in [-0.15, -0.1) is 0 Å². The van der Waals surface area contributed by atoms with Crippen LogP contribution in [0.4, 0.5) is 0 Å². The van der Waals surface area contributed by atoms with Crippen LogP contribution >= 0.6 is 0 Å². The molecule has 1 aromatic carbocycles. The fraction of sp³-hybridized carbons (Fsp3) is 0.724. The molecule has 0 saturated heterocycles. The molecule has 4 fully saturated rings. The molecule has 4 aliphatic rings. The first-order valence-electron chi connectivity index (χ1n) is 13.4. The van der Waals surface area contributed by atoms with Gasteiger partial charge in [0.2, 0.25) is 0 Å². The molecule has 0 unspecified atom stereocenters. The number of hydrogen-bond acceptors (Lipinski definition) is 4. The van der Waals surface area contributed by atoms with E-state index in [-0.39, 0.29) is 11.9 Å². The van der Waals surface area contributed by atoms with Crippen molar-refractivity contribution in [2.45, 2.75) is 77.2 Å². The van der Waals surface area contributed by atoms with Crippen LogP contribution in [0.15, 0.2) is 30.3 Å². The van der Waals surface area contributed by atoms with Gasteiger partial charge in [0, 0.05) is 18.8 Å². The van der Waals surface area contributed by atoms with Crippen molar-refractivity contribution >= 4 is 11.8 Å². The lowest BCUT2D eigenvalue weighted by atomic mass is 9.52. The normalized spacial score (nSPS) is 38.5. The molecule has 33 heavy (non-hydrogen) atoms. The largest absolute Gasteiger partial charge is 0.490 e. The molecule has 4 heteroatoms. The molecule has 0 heterocycles. The van der Waals surface area contributed by atoms with Gasteiger partial charge in [-0.1, -0.05) is 25.1 Å². The van der Waals surface area contributed by atoms with E-state index < -0.39 is 0 Å². The molecule has 0 spiro atoms. The molecule has 0 aromatic heterocycles. The highest BCUT2D eigenvalue weighted by molar-refractivity contribution is 5.83. The number of para-hydroxylation sites is 1. The van der Waals surface area contributed by atoms with Crippen LogP contribution in [0, 0.1) is 47.3 Å². The van der Waals surface area contributed by atoms with Gasteiger partial charge in [-0.25, -0.2) is 0 Å². The molecule has 180 valence electrons. The predicted octanol–water partition coefficient (Wildman–Crippen LogP) is 6.08. The summed E-state index contributed by atoms with van der Waals surface area (Å²) in [6, 6.07) is 10.2. The van der Waals surface area contributed by atoms with Gasteiger partial charge in [0.1, 0.15) is 11.5 Å². The highest BCUT2D eigenvalue weighted by Crippen LogP contribution is 2.59. The highest BCUT2D eigenvalue weighted by atomic mass is 16.5. The van der Waals surface area contributed by atoms with Gasteiger partial charge in [0.25, 0.3) is 0 Å². The van der Waals surface area contributed by atoms with E-state index in [9.17, 15) is 9.59 Å². The van der Waals surface area contributed by atoms with E-state index in [1.165, 1.54) is 32.8 Å². The second-order valence-corrected chi connectivity index (χ2v) is 11.4. The van der Waals surface area contributed by atoms with Crippen LogP contribution in [-0.4, -0.2) is 25.0 Å². The fourth-order valence-electron chi connectivity index (χ4n) is 8.40. The predicted molar refractivity (Wildman–Crippen MR) is 128 cm³/mol. The maximum absolute atomic E-state index is 13.5. The summed E-state index contributed by atoms with van der Waals surface area (Å²) in [6.07, 6.45) is 10.9. The molecule has 4 aliphatic carbocycles. The minimum absolute atomic E-state index is 0.128. The summed E-state index contributed by atoms with van der Waals surface area (Å²) >= 11 is 0. The molecule has 4 saturated carbocycles. The smallest absolute Gasteiger partial charge is 0.305 e. The standard InChI is InChI=1S/C29H40O4/c1-18(8-15-28(31)32-2)22-13-14-25-24-11-9-19-16-21(33-20-6-4-3-5-7-20)10-12-23(19)26(24)17-27(30)29(22)25/h3-7,18-19,21-26,29H,8-17H2,1-2H3/t18-,19+,21+,22-,23-,24-,25+,26+,29-/m0/s1. The average Bonchev–Trinajstić information content (AvgIpc) is 3.29. The Morgan fingerprint density at radius 1 is 0.970 bits per heavy atom. The minimum Gasteiger partial charge on any atom is -0.490 e. The lowest BCUT2D eigenvalue weighted by Crippen LogP contribution is -2.49. The van der Waals surface area contributed by atoms with E-state index in [0.29, 0.717) is 53.8 Å². The maximum atomic E-state index is 13.5. The van der Waals surface area contributed by atoms with Crippen molar-refractivity contribution in [3.63, 3.8) is 0 Å². The van der Waals surface area contributed by atoms with Crippen molar-refractivity contribution in [3.05, 3.63) is 30.3 Å². The lowest BCUT2D eigenvalue weighted by Gasteiger charge is -2.52. The summed E-state index contributed by atoms with van der Waals surface area (Å²) in [5.74, 6) is 5.86. The Hall–Kier alpha value is -1.84. The van der Waals surface area contributed by atoms with Gasteiger partial charge in [-0.2, -0.15) is 0 Å². The number of carbonyl (C=O) groups is 2. The van der Waals surface area contributed by atoms with Crippen molar-refractivity contribution < 1.29 is 19.1 Å². The monoisotopic (exact) mass is 452 g/mol. The quantitative estimate of drug-likeness (QED) is 0.491. The zero-order chi connectivity index (χ0) is 22.9. The third-order valence-corrected chi connectivity index (χ3v) is 9.89. The molecular weight excluding hydrogens is 412 g/mol. The summed E-state index contributed by atoms with van der Waals surface area (Å²) < 4.78 is 11.2. The molecule has 0 N–H and O–H groups in total. The van der Waals surface area contributed by atoms with Crippen molar-refractivity contribution in [2.24, 2.45) is 47.3 Å². The van der Waals surface area contributed by atoms with Gasteiger partial charge in [0.05, 0.1) is 13.2 Å². The van der Waals surface area contributed by atoms with Gasteiger partial charge in [0.15, 0.2) is 0 Å². The van der Waals surface area contributed by atoms with Crippen molar-refractivity contribution in [2.75, 3.05) is 7.11 Å². The van der Waals surface area contributed by atoms with E-state index in [0.717, 1.165) is 43.8 Å². The zero-order valence-corrected chi connectivity index (χ0v) is 20.3. The third-order valence-electron chi connectivity index (χ3n) is 9.89. The van der Waals surface area contributed by atoms with Crippen molar-refractivity contribution in [3.8, 4) is 5.75 Å². The topological polar surface area (TPSA) is 52.6 Å². The number of ether oxygens (including phenoxy) is 2. The number of hydrogen-bond donors (Lipinski definition) is 0. The van der Waals surface area contributed by atoms with Crippen LogP contribution in [0.2, 0.25) is 0 Å². The van der Waals surface area contributed by atoms with Crippen molar-refractivity contribution in [1.82, 2.24) is 0 Å². The summed E-state index contributed by atoms with van der Waals surface area (Å²) in [6.45, 7) is 2.25. The summed E-state index contributed by atoms with van der Waals surface area (Å²) in [7, 11) is 1.46. The molecular formula is C29H40O4. The molecule has 4 nitrogen and oxygen atoms in total. The maximum Gasteiger partial charge on any atom is 0.305 e. The molecule has 5 rings (SSSR count). The SMILES string of the molecule is COC(=O)CC[C@H](C)[C@@H]1CC[C@@H]2[C@@H]3CC[C@@H]4C[C@H](Oc5ccccc5)CC[C@@H]4[C@H]3CC(=O)[C@H]21. The number of benzene rings is 1. The average molecular weight is 453 g/mol. The zero-order valence-electron chi connectivity index (χ0n) is 20.3. The van der Waals surface area contributed by atoms with Gasteiger partial charge < -0.3 is 9.47 Å². The van der Waals surface area contributed by atoms with Crippen LogP contribution < -0.4 is 4.74 Å². The summed E-state index contributed by atoms with van der Waals surface area (Å²) in [4.78, 5) is 25.1. The molecule has 0 amide bonds. The third kappa shape index (κ3) is 4.59. The number of ketones is 1. The highest BCUT2D eigenvalue weighted by Gasteiger charge is 2.55. The van der Waals surface area contributed by atoms with Crippen LogP contribution in [0.5, 0.6) is 5.75 Å². The first-order chi connectivity index (χ1) is 16.0. The van der Waals surface area contributed by atoms with Gasteiger partial charge in [-0.3, -0.25) is 9.59 Å². The van der Waals surface area contributed by atoms with Crippen LogP contribution in [-0.2, 0) is 14.3 Å². The molecule has 9 atom stereocenters.